The topological polar surface area (TPSA) is 93.3 Å². The maximum Gasteiger partial charge on any atom is 0.253 e. The number of aromatic nitrogens is 4. The van der Waals surface area contributed by atoms with E-state index < -0.39 is 0 Å². The van der Waals surface area contributed by atoms with Crippen LogP contribution in [0.25, 0.3) is 27.7 Å². The average molecular weight is 442 g/mol. The number of carbonyl (C=O) groups is 2. The van der Waals surface area contributed by atoms with Crippen LogP contribution in [-0.2, 0) is 18.4 Å². The van der Waals surface area contributed by atoms with Crippen LogP contribution in [0, 0.1) is 5.82 Å². The van der Waals surface area contributed by atoms with Crippen LogP contribution in [-0.4, -0.2) is 31.5 Å². The quantitative estimate of drug-likeness (QED) is 0.394. The molecule has 0 aliphatic carbocycles. The summed E-state index contributed by atoms with van der Waals surface area (Å²) in [7, 11) is 1.89. The van der Waals surface area contributed by atoms with Crippen LogP contribution in [0.5, 0.6) is 0 Å². The molecule has 2 aromatic carbocycles. The number of hydrogen-bond donors (Lipinski definition) is 2. The lowest BCUT2D eigenvalue weighted by Gasteiger charge is -2.06. The summed E-state index contributed by atoms with van der Waals surface area (Å²) < 4.78 is 16.6. The molecule has 0 bridgehead atoms. The second kappa shape index (κ2) is 8.19. The molecule has 2 N–H and O–H groups in total. The molecule has 0 saturated carbocycles. The predicted molar refractivity (Wildman–Crippen MR) is 122 cm³/mol. The van der Waals surface area contributed by atoms with E-state index in [2.05, 4.69) is 20.7 Å². The second-order valence-electron chi connectivity index (χ2n) is 7.61. The van der Waals surface area contributed by atoms with Gasteiger partial charge < -0.3 is 9.88 Å². The molecule has 0 unspecified atom stereocenters. The van der Waals surface area contributed by atoms with Crippen molar-refractivity contribution in [2.24, 2.45) is 7.05 Å². The monoisotopic (exact) mass is 442 g/mol. The Balaban J connectivity index is 1.46. The number of hydrogen-bond acceptors (Lipinski definition) is 4. The van der Waals surface area contributed by atoms with Crippen molar-refractivity contribution in [1.82, 2.24) is 24.5 Å². The van der Waals surface area contributed by atoms with Crippen molar-refractivity contribution in [2.45, 2.75) is 6.54 Å². The van der Waals surface area contributed by atoms with Gasteiger partial charge in [-0.2, -0.15) is 4.98 Å². The van der Waals surface area contributed by atoms with Gasteiger partial charge in [0.05, 0.1) is 5.56 Å². The van der Waals surface area contributed by atoms with Crippen molar-refractivity contribution < 1.29 is 14.0 Å². The molecular formula is C24H19FN6O2. The molecule has 33 heavy (non-hydrogen) atoms. The normalized spacial score (nSPS) is 11.1. The number of halogens is 1. The molecule has 0 atom stereocenters. The molecule has 0 spiro atoms. The van der Waals surface area contributed by atoms with Crippen molar-refractivity contribution in [1.29, 1.82) is 0 Å². The molecular weight excluding hydrogens is 423 g/mol. The van der Waals surface area contributed by atoms with E-state index >= 15 is 0 Å². The summed E-state index contributed by atoms with van der Waals surface area (Å²) in [6.45, 7) is 0.301. The summed E-state index contributed by atoms with van der Waals surface area (Å²) >= 11 is 0. The largest absolute Gasteiger partial charge is 0.350 e. The molecule has 0 saturated heterocycles. The van der Waals surface area contributed by atoms with Crippen molar-refractivity contribution in [3.05, 3.63) is 83.9 Å². The summed E-state index contributed by atoms with van der Waals surface area (Å²) in [5, 5.41) is 10.3. The summed E-state index contributed by atoms with van der Waals surface area (Å²) in [5.41, 5.74) is 4.69. The number of nitrogens with zero attached hydrogens (tertiary/aromatic N) is 4. The van der Waals surface area contributed by atoms with Crippen molar-refractivity contribution >= 4 is 34.8 Å². The Kier molecular flexibility index (Phi) is 5.06. The molecule has 5 aromatic rings. The number of fused-ring (bicyclic) bond motifs is 2. The van der Waals surface area contributed by atoms with Crippen LogP contribution in [0.2, 0.25) is 0 Å². The van der Waals surface area contributed by atoms with Crippen molar-refractivity contribution in [3.63, 3.8) is 0 Å². The molecule has 5 rings (SSSR count). The van der Waals surface area contributed by atoms with Crippen molar-refractivity contribution in [3.8, 4) is 11.1 Å². The van der Waals surface area contributed by atoms with Crippen LogP contribution in [0.4, 0.5) is 10.3 Å². The Hall–Kier alpha value is -4.53. The molecule has 2 amide bonds. The van der Waals surface area contributed by atoms with Gasteiger partial charge in [0.1, 0.15) is 5.82 Å². The molecule has 0 fully saturated rings. The summed E-state index contributed by atoms with van der Waals surface area (Å²) in [5.74, 6) is -0.299. The van der Waals surface area contributed by atoms with E-state index in [1.807, 2.05) is 41.9 Å². The second-order valence-corrected chi connectivity index (χ2v) is 7.61. The lowest BCUT2D eigenvalue weighted by atomic mass is 10.0. The Morgan fingerprint density at radius 1 is 1.09 bits per heavy atom. The van der Waals surface area contributed by atoms with Gasteiger partial charge in [0.2, 0.25) is 12.4 Å². The third-order valence-corrected chi connectivity index (χ3v) is 5.46. The number of anilines is 1. The molecule has 0 radical (unpaired) electrons. The Bertz CT molecular complexity index is 1500. The number of nitrogens with one attached hydrogen (secondary N) is 2. The SMILES string of the molecule is Cn1cc(C(=O)NCc2ccc(F)cc2)c2cc(-c3ccn4nc(NC=O)nc4c3)ccc21. The fraction of sp³-hybridized carbons (Fsp3) is 0.0833. The molecule has 164 valence electrons. The first kappa shape index (κ1) is 20.4. The maximum absolute atomic E-state index is 13.1. The summed E-state index contributed by atoms with van der Waals surface area (Å²) in [4.78, 5) is 27.9. The van der Waals surface area contributed by atoms with E-state index in [1.54, 1.807) is 29.0 Å². The minimum atomic E-state index is -0.313. The third-order valence-electron chi connectivity index (χ3n) is 5.46. The van der Waals surface area contributed by atoms with Gasteiger partial charge in [-0.25, -0.2) is 8.91 Å². The Morgan fingerprint density at radius 2 is 1.88 bits per heavy atom. The van der Waals surface area contributed by atoms with Gasteiger partial charge in [0, 0.05) is 36.9 Å². The lowest BCUT2D eigenvalue weighted by Crippen LogP contribution is -2.22. The van der Waals surface area contributed by atoms with Gasteiger partial charge in [-0.05, 0) is 53.1 Å². The minimum Gasteiger partial charge on any atom is -0.350 e. The van der Waals surface area contributed by atoms with Crippen LogP contribution < -0.4 is 10.6 Å². The molecule has 3 aromatic heterocycles. The molecule has 3 heterocycles. The molecule has 9 heteroatoms. The van der Waals surface area contributed by atoms with E-state index in [-0.39, 0.29) is 17.7 Å². The highest BCUT2D eigenvalue weighted by Gasteiger charge is 2.15. The predicted octanol–water partition coefficient (Wildman–Crippen LogP) is 3.53. The molecule has 0 aliphatic rings. The first-order valence-electron chi connectivity index (χ1n) is 10.2. The van der Waals surface area contributed by atoms with Gasteiger partial charge in [0.15, 0.2) is 5.65 Å². The van der Waals surface area contributed by atoms with Gasteiger partial charge in [-0.1, -0.05) is 18.2 Å². The van der Waals surface area contributed by atoms with Gasteiger partial charge >= 0.3 is 0 Å². The first-order chi connectivity index (χ1) is 16.0. The van der Waals surface area contributed by atoms with Crippen molar-refractivity contribution in [2.75, 3.05) is 5.32 Å². The third kappa shape index (κ3) is 3.91. The number of pyridine rings is 1. The average Bonchev–Trinajstić information content (AvgIpc) is 3.38. The maximum atomic E-state index is 13.1. The standard InChI is InChI=1S/C24H19FN6O2/c1-30-13-20(23(33)26-12-15-2-5-18(25)6-3-15)19-10-16(4-7-21(19)30)17-8-9-31-22(11-17)28-24(29-31)27-14-32/h2-11,13-14H,12H2,1H3,(H,26,33)(H,27,29,32). The van der Waals surface area contributed by atoms with Crippen LogP contribution in [0.15, 0.2) is 67.0 Å². The number of benzene rings is 2. The smallest absolute Gasteiger partial charge is 0.253 e. The van der Waals surface area contributed by atoms with Crippen LogP contribution in [0.1, 0.15) is 15.9 Å². The fourth-order valence-electron chi connectivity index (χ4n) is 3.81. The van der Waals surface area contributed by atoms with Gasteiger partial charge in [0.25, 0.3) is 5.91 Å². The highest BCUT2D eigenvalue weighted by molar-refractivity contribution is 6.08. The van der Waals surface area contributed by atoms with E-state index in [0.717, 1.165) is 27.6 Å². The molecule has 0 aliphatic heterocycles. The number of amides is 2. The van der Waals surface area contributed by atoms with E-state index in [1.165, 1.54) is 12.1 Å². The van der Waals surface area contributed by atoms with E-state index in [0.29, 0.717) is 24.2 Å². The number of rotatable bonds is 6. The number of aryl methyl sites for hydroxylation is 1. The minimum absolute atomic E-state index is 0.209. The zero-order chi connectivity index (χ0) is 22.9. The summed E-state index contributed by atoms with van der Waals surface area (Å²) in [6.07, 6.45) is 4.09. The van der Waals surface area contributed by atoms with Crippen LogP contribution in [0.3, 0.4) is 0 Å². The highest BCUT2D eigenvalue weighted by Crippen LogP contribution is 2.28. The zero-order valence-corrected chi connectivity index (χ0v) is 17.6. The molecule has 8 nitrogen and oxygen atoms in total. The lowest BCUT2D eigenvalue weighted by molar-refractivity contribution is -0.105. The zero-order valence-electron chi connectivity index (χ0n) is 17.6. The van der Waals surface area contributed by atoms with E-state index in [9.17, 15) is 14.0 Å². The number of carbonyl (C=O) groups excluding carboxylic acids is 2. The fourth-order valence-corrected chi connectivity index (χ4v) is 3.81. The Labute approximate surface area is 187 Å². The van der Waals surface area contributed by atoms with Gasteiger partial charge in [-0.3, -0.25) is 14.9 Å². The Morgan fingerprint density at radius 3 is 2.67 bits per heavy atom. The first-order valence-corrected chi connectivity index (χ1v) is 10.2. The van der Waals surface area contributed by atoms with Gasteiger partial charge in [-0.15, -0.1) is 5.10 Å². The highest BCUT2D eigenvalue weighted by atomic mass is 19.1. The van der Waals surface area contributed by atoms with E-state index in [4.69, 9.17) is 0 Å². The van der Waals surface area contributed by atoms with Crippen LogP contribution >= 0.6 is 0 Å². The summed E-state index contributed by atoms with van der Waals surface area (Å²) in [6, 6.07) is 15.7.